The average Bonchev–Trinajstić information content (AvgIpc) is 4.03. The summed E-state index contributed by atoms with van der Waals surface area (Å²) in [6, 6.07) is 8.10. The highest BCUT2D eigenvalue weighted by molar-refractivity contribution is 8.76. The van der Waals surface area contributed by atoms with Crippen LogP contribution in [0.3, 0.4) is 0 Å². The molecule has 6 heterocycles. The number of hydrogen-bond donors (Lipinski definition) is 6. The lowest BCUT2D eigenvalue weighted by atomic mass is 9.61. The van der Waals surface area contributed by atoms with E-state index in [1.807, 2.05) is 33.7 Å². The van der Waals surface area contributed by atoms with Crippen LogP contribution >= 0.6 is 21.6 Å². The topological polar surface area (TPSA) is 174 Å². The van der Waals surface area contributed by atoms with Crippen LogP contribution in [0.4, 0.5) is 0 Å². The Morgan fingerprint density at radius 2 is 1.79 bits per heavy atom. The first-order valence-electron chi connectivity index (χ1n) is 29.3. The molecule has 14 heteroatoms. The van der Waals surface area contributed by atoms with Crippen molar-refractivity contribution in [1.29, 1.82) is 0 Å². The van der Waals surface area contributed by atoms with Gasteiger partial charge in [0, 0.05) is 101 Å². The minimum Gasteiger partial charge on any atom is -0.508 e. The van der Waals surface area contributed by atoms with E-state index in [9.17, 15) is 19.8 Å². The number of hydrogen-bond acceptors (Lipinski definition) is 14. The molecule has 5 aliphatic carbocycles. The van der Waals surface area contributed by atoms with Crippen LogP contribution in [0.1, 0.15) is 167 Å². The molecule has 410 valence electrons. The van der Waals surface area contributed by atoms with Crippen LogP contribution in [-0.4, -0.2) is 77.6 Å². The number of dihydropyridines is 1. The van der Waals surface area contributed by atoms with Gasteiger partial charge in [0.2, 0.25) is 0 Å². The van der Waals surface area contributed by atoms with Gasteiger partial charge in [-0.3, -0.25) is 9.59 Å². The number of Topliss-reactive ketones (excluding diaryl/α,β-unsaturated/α-hetero) is 1. The molecule has 3 aromatic rings. The van der Waals surface area contributed by atoms with Crippen LogP contribution in [0, 0.1) is 35.0 Å². The van der Waals surface area contributed by atoms with E-state index in [0.29, 0.717) is 54.4 Å². The van der Waals surface area contributed by atoms with Gasteiger partial charge in [-0.05, 0) is 141 Å². The van der Waals surface area contributed by atoms with Crippen molar-refractivity contribution >= 4 is 39.4 Å². The molecule has 2 spiro atoms. The Balaban J connectivity index is 1.02. The second kappa shape index (κ2) is 20.2. The molecule has 12 nitrogen and oxygen atoms in total. The minimum absolute atomic E-state index is 0.0751. The first-order valence-corrected chi connectivity index (χ1v) is 31.8. The van der Waals surface area contributed by atoms with Gasteiger partial charge < -0.3 is 50.8 Å². The number of ketones is 1. The van der Waals surface area contributed by atoms with Crippen molar-refractivity contribution in [1.82, 2.24) is 16.0 Å². The van der Waals surface area contributed by atoms with Gasteiger partial charge in [-0.15, -0.1) is 0 Å². The molecule has 0 amide bonds. The Hall–Kier alpha value is -5.04. The normalized spacial score (nSPS) is 33.8. The molecule has 6 bridgehead atoms. The van der Waals surface area contributed by atoms with Gasteiger partial charge in [0.1, 0.15) is 41.8 Å². The fourth-order valence-corrected chi connectivity index (χ4v) is 19.9. The molecule has 0 radical (unpaired) electrons. The number of nitrogens with two attached hydrogens (primary N) is 1. The molecule has 0 aromatic heterocycles. The number of fused-ring (bicyclic) bond motifs is 13. The number of carbonyl (C=O) groups excluding carboxylic acids is 2. The van der Waals surface area contributed by atoms with Gasteiger partial charge >= 0.3 is 5.97 Å². The van der Waals surface area contributed by atoms with Gasteiger partial charge in [0.25, 0.3) is 0 Å². The Bertz CT molecular complexity index is 3140. The van der Waals surface area contributed by atoms with Crippen LogP contribution in [0.15, 0.2) is 53.8 Å². The molecule has 14 rings (SSSR count). The highest BCUT2D eigenvalue weighted by Crippen LogP contribution is 2.64. The van der Waals surface area contributed by atoms with Crippen LogP contribution in [0.25, 0.3) is 17.2 Å². The Morgan fingerprint density at radius 3 is 2.65 bits per heavy atom. The number of rotatable bonds is 4. The van der Waals surface area contributed by atoms with Crippen molar-refractivity contribution in [2.75, 3.05) is 25.2 Å². The molecule has 11 aliphatic rings. The largest absolute Gasteiger partial charge is 0.508 e. The maximum Gasteiger partial charge on any atom is 0.302 e. The molecule has 7 N–H and O–H groups in total. The predicted molar refractivity (Wildman–Crippen MR) is 306 cm³/mol. The number of phenols is 2. The summed E-state index contributed by atoms with van der Waals surface area (Å²) in [5.41, 5.74) is 16.7. The smallest absolute Gasteiger partial charge is 0.302 e. The molecule has 6 fully saturated rings. The van der Waals surface area contributed by atoms with Crippen molar-refractivity contribution in [3.05, 3.63) is 92.7 Å². The van der Waals surface area contributed by atoms with Gasteiger partial charge in [0.15, 0.2) is 11.5 Å². The van der Waals surface area contributed by atoms with E-state index in [2.05, 4.69) is 58.2 Å². The lowest BCUT2D eigenvalue weighted by molar-refractivity contribution is -0.142. The summed E-state index contributed by atoms with van der Waals surface area (Å²) in [5.74, 6) is 12.2. The van der Waals surface area contributed by atoms with E-state index < -0.39 is 18.2 Å². The zero-order chi connectivity index (χ0) is 53.0. The van der Waals surface area contributed by atoms with Crippen LogP contribution in [0.2, 0.25) is 0 Å². The molecular formula is C64H74N4O8S2. The van der Waals surface area contributed by atoms with Crippen molar-refractivity contribution in [3.63, 3.8) is 0 Å². The third-order valence-electron chi connectivity index (χ3n) is 20.5. The second-order valence-corrected chi connectivity index (χ2v) is 27.7. The molecule has 6 aliphatic heterocycles. The lowest BCUT2D eigenvalue weighted by Crippen LogP contribution is -2.56. The maximum absolute atomic E-state index is 13.6. The van der Waals surface area contributed by atoms with E-state index in [1.54, 1.807) is 13.2 Å². The van der Waals surface area contributed by atoms with Gasteiger partial charge in [-0.25, -0.2) is 0 Å². The number of methoxy groups -OCH3 is 1. The molecule has 12 atom stereocenters. The van der Waals surface area contributed by atoms with Crippen LogP contribution in [-0.2, 0) is 32.6 Å². The van der Waals surface area contributed by atoms with Crippen molar-refractivity contribution < 1.29 is 38.7 Å². The predicted octanol–water partition coefficient (Wildman–Crippen LogP) is 10.8. The molecule has 3 aromatic carbocycles. The van der Waals surface area contributed by atoms with Crippen molar-refractivity contribution in [3.8, 4) is 51.7 Å². The fourth-order valence-electron chi connectivity index (χ4n) is 17.2. The lowest BCUT2D eigenvalue weighted by Gasteiger charge is -2.51. The van der Waals surface area contributed by atoms with Crippen molar-refractivity contribution in [2.45, 2.75) is 176 Å². The zero-order valence-corrected chi connectivity index (χ0v) is 46.7. The monoisotopic (exact) mass is 1090 g/mol. The number of esters is 1. The minimum atomic E-state index is -0.690. The number of nitrogens with one attached hydrogen (secondary N) is 3. The SMILES string of the molecule is COc1cc(O)cc2c1-c1ccc3c4c1[C@@]1(CC[C@H](CC5=C(C#CCc6c(c7c(c(O)c6[C@H]6CC[C@@H]8CC(=O)CC9(CCCC9)[C@@H]8N6)O[C@@H]6CSSC[C@@H]8CCC[C@@H](C8)N[C@H]6C=C7)[C@@H](O4)[C@H]3COC(C)=O)NC(N)C=C5)C1)C2. The summed E-state index contributed by atoms with van der Waals surface area (Å²) < 4.78 is 27.7. The Labute approximate surface area is 466 Å². The third kappa shape index (κ3) is 8.77. The van der Waals surface area contributed by atoms with E-state index in [4.69, 9.17) is 24.7 Å². The number of allylic oxidation sites excluding steroid dienone is 3. The summed E-state index contributed by atoms with van der Waals surface area (Å²) in [6.07, 6.45) is 23.7. The molecule has 1 unspecified atom stereocenters. The summed E-state index contributed by atoms with van der Waals surface area (Å²) in [5, 5.41) is 36.7. The summed E-state index contributed by atoms with van der Waals surface area (Å²) >= 11 is 0. The van der Waals surface area contributed by atoms with Gasteiger partial charge in [-0.2, -0.15) is 0 Å². The van der Waals surface area contributed by atoms with Crippen molar-refractivity contribution in [2.24, 2.45) is 28.9 Å². The van der Waals surface area contributed by atoms with Crippen LogP contribution in [0.5, 0.6) is 28.7 Å². The fraction of sp³-hybridized carbons (Fsp3) is 0.562. The average molecular weight is 1090 g/mol. The van der Waals surface area contributed by atoms with E-state index in [-0.39, 0.29) is 71.5 Å². The number of ether oxygens (including phenoxy) is 4. The van der Waals surface area contributed by atoms with E-state index >= 15 is 0 Å². The summed E-state index contributed by atoms with van der Waals surface area (Å²) in [4.78, 5) is 26.7. The second-order valence-electron chi connectivity index (χ2n) is 25.1. The first-order chi connectivity index (χ1) is 37.9. The standard InChI is InChI=1S/C64H74N4O8S2/c1-34(69)74-31-47-43-13-14-45-54-39(26-41(70)27-51(54)73-2)29-64-22-19-35(28-64)23-37-12-18-53(65)67-48(37)10-6-9-44-55(59(47)76-60(43)57(45)64)46-15-17-49-52(33-78-77-32-36-7-5-8-40(24-36)66-49)75-61(46)58(72)56(44)50-16-11-38-25-42(71)30-63(62(38)68-50)20-3-4-21-63/h12-15,17-18,26-27,35-36,38,40,47,49-50,52-53,59,62,66-68,70,72H,3-5,7-9,11,16,19-25,28-33,65H2,1-2H3/t35-,36-,38-,40+,47+,49+,50-,52-,53?,59+,62-,64-/m1/s1. The molecule has 4 saturated carbocycles. The highest BCUT2D eigenvalue weighted by atomic mass is 33.1. The van der Waals surface area contributed by atoms with Crippen LogP contribution < -0.4 is 35.9 Å². The molecule has 2 saturated heterocycles. The summed E-state index contributed by atoms with van der Waals surface area (Å²) in [6.45, 7) is 1.55. The van der Waals surface area contributed by atoms with Gasteiger partial charge in [0.05, 0.1) is 30.9 Å². The zero-order valence-electron chi connectivity index (χ0n) is 45.1. The number of carbonyl (C=O) groups is 2. The summed E-state index contributed by atoms with van der Waals surface area (Å²) in [7, 11) is 5.49. The third-order valence-corrected chi connectivity index (χ3v) is 23.0. The molecular weight excluding hydrogens is 1020 g/mol. The number of aromatic hydroxyl groups is 2. The Kier molecular flexibility index (Phi) is 13.2. The van der Waals surface area contributed by atoms with Gasteiger partial charge in [-0.1, -0.05) is 77.1 Å². The number of benzene rings is 3. The Morgan fingerprint density at radius 1 is 0.923 bits per heavy atom. The van der Waals surface area contributed by atoms with E-state index in [1.165, 1.54) is 19.8 Å². The number of phenolic OH excluding ortho intramolecular Hbond substituents is 2. The molecule has 78 heavy (non-hydrogen) atoms. The highest BCUT2D eigenvalue weighted by Gasteiger charge is 2.55. The maximum atomic E-state index is 13.6. The first kappa shape index (κ1) is 51.1. The van der Waals surface area contributed by atoms with E-state index in [0.717, 1.165) is 156 Å². The number of piperidine rings is 1. The quantitative estimate of drug-likeness (QED) is 0.0828.